The van der Waals surface area contributed by atoms with Crippen LogP contribution < -0.4 is 9.64 Å². The van der Waals surface area contributed by atoms with Gasteiger partial charge in [-0.25, -0.2) is 4.98 Å². The SMILES string of the molecule is COc1ccc(Cl)cc1C(=O)N(CCCN1CCOCC1)c1nc2ccc(C)cc2s1. The summed E-state index contributed by atoms with van der Waals surface area (Å²) >= 11 is 7.73. The van der Waals surface area contributed by atoms with E-state index in [2.05, 4.69) is 17.9 Å². The van der Waals surface area contributed by atoms with Crippen LogP contribution in [0.3, 0.4) is 0 Å². The summed E-state index contributed by atoms with van der Waals surface area (Å²) in [5, 5.41) is 1.19. The molecule has 164 valence electrons. The highest BCUT2D eigenvalue weighted by Crippen LogP contribution is 2.32. The number of thiazole rings is 1. The van der Waals surface area contributed by atoms with Crippen molar-refractivity contribution in [3.63, 3.8) is 0 Å². The van der Waals surface area contributed by atoms with Crippen molar-refractivity contribution in [2.75, 3.05) is 51.4 Å². The number of anilines is 1. The second-order valence-electron chi connectivity index (χ2n) is 7.58. The van der Waals surface area contributed by atoms with Gasteiger partial charge >= 0.3 is 0 Å². The van der Waals surface area contributed by atoms with Crippen molar-refractivity contribution in [2.45, 2.75) is 13.3 Å². The number of methoxy groups -OCH3 is 1. The number of nitrogens with zero attached hydrogens (tertiary/aromatic N) is 3. The molecule has 3 aromatic rings. The van der Waals surface area contributed by atoms with Gasteiger partial charge in [0.25, 0.3) is 5.91 Å². The molecule has 0 spiro atoms. The third-order valence-electron chi connectivity index (χ3n) is 5.36. The average Bonchev–Trinajstić information content (AvgIpc) is 3.19. The lowest BCUT2D eigenvalue weighted by atomic mass is 10.1. The topological polar surface area (TPSA) is 54.9 Å². The number of morpholine rings is 1. The van der Waals surface area contributed by atoms with E-state index in [1.165, 1.54) is 16.9 Å². The van der Waals surface area contributed by atoms with E-state index in [0.717, 1.165) is 49.5 Å². The molecule has 0 N–H and O–H groups in total. The van der Waals surface area contributed by atoms with Gasteiger partial charge in [-0.1, -0.05) is 29.0 Å². The summed E-state index contributed by atoms with van der Waals surface area (Å²) in [6, 6.07) is 11.3. The van der Waals surface area contributed by atoms with E-state index >= 15 is 0 Å². The maximum atomic E-state index is 13.6. The minimum atomic E-state index is -0.155. The van der Waals surface area contributed by atoms with Gasteiger partial charge in [-0.05, 0) is 49.2 Å². The lowest BCUT2D eigenvalue weighted by Crippen LogP contribution is -2.39. The Morgan fingerprint density at radius 1 is 1.26 bits per heavy atom. The minimum absolute atomic E-state index is 0.155. The predicted octanol–water partition coefficient (Wildman–Crippen LogP) is 4.64. The maximum absolute atomic E-state index is 13.6. The van der Waals surface area contributed by atoms with E-state index in [1.54, 1.807) is 30.2 Å². The van der Waals surface area contributed by atoms with Crippen molar-refractivity contribution in [1.29, 1.82) is 0 Å². The van der Waals surface area contributed by atoms with Gasteiger partial charge in [-0.15, -0.1) is 0 Å². The first-order chi connectivity index (χ1) is 15.0. The van der Waals surface area contributed by atoms with E-state index in [9.17, 15) is 4.79 Å². The molecule has 1 aliphatic rings. The first kappa shape index (κ1) is 22.0. The molecule has 0 radical (unpaired) electrons. The quantitative estimate of drug-likeness (QED) is 0.515. The zero-order chi connectivity index (χ0) is 21.8. The fourth-order valence-electron chi connectivity index (χ4n) is 3.69. The Morgan fingerprint density at radius 2 is 2.06 bits per heavy atom. The number of benzene rings is 2. The summed E-state index contributed by atoms with van der Waals surface area (Å²) in [4.78, 5) is 22.5. The van der Waals surface area contributed by atoms with Crippen LogP contribution in [0.15, 0.2) is 36.4 Å². The summed E-state index contributed by atoms with van der Waals surface area (Å²) in [5.74, 6) is 0.349. The minimum Gasteiger partial charge on any atom is -0.496 e. The Kier molecular flexibility index (Phi) is 7.07. The van der Waals surface area contributed by atoms with Crippen molar-refractivity contribution in [3.05, 3.63) is 52.5 Å². The largest absolute Gasteiger partial charge is 0.496 e. The molecular formula is C23H26ClN3O3S. The molecule has 31 heavy (non-hydrogen) atoms. The Labute approximate surface area is 191 Å². The fraction of sp³-hybridized carbons (Fsp3) is 0.391. The van der Waals surface area contributed by atoms with Crippen LogP contribution >= 0.6 is 22.9 Å². The number of halogens is 1. The third-order valence-corrected chi connectivity index (χ3v) is 6.64. The first-order valence-corrected chi connectivity index (χ1v) is 11.6. The Balaban J connectivity index is 1.62. The Hall–Kier alpha value is -2.19. The van der Waals surface area contributed by atoms with E-state index in [-0.39, 0.29) is 5.91 Å². The number of rotatable bonds is 7. The Morgan fingerprint density at radius 3 is 2.84 bits per heavy atom. The number of hydrogen-bond donors (Lipinski definition) is 0. The van der Waals surface area contributed by atoms with Gasteiger partial charge in [0.2, 0.25) is 0 Å². The van der Waals surface area contributed by atoms with E-state index in [1.807, 2.05) is 12.1 Å². The first-order valence-electron chi connectivity index (χ1n) is 10.4. The molecule has 1 amide bonds. The van der Waals surface area contributed by atoms with Gasteiger partial charge in [0.15, 0.2) is 5.13 Å². The molecule has 0 atom stereocenters. The van der Waals surface area contributed by atoms with Crippen LogP contribution in [0.5, 0.6) is 5.75 Å². The van der Waals surface area contributed by atoms with Crippen LogP contribution in [0.4, 0.5) is 5.13 Å². The lowest BCUT2D eigenvalue weighted by molar-refractivity contribution is 0.0376. The smallest absolute Gasteiger partial charge is 0.263 e. The molecule has 1 saturated heterocycles. The number of aromatic nitrogens is 1. The van der Waals surface area contributed by atoms with Crippen molar-refractivity contribution < 1.29 is 14.3 Å². The number of ether oxygens (including phenoxy) is 2. The van der Waals surface area contributed by atoms with Crippen LogP contribution in [0.1, 0.15) is 22.3 Å². The van der Waals surface area contributed by atoms with Gasteiger partial charge in [-0.3, -0.25) is 14.6 Å². The molecule has 2 aromatic carbocycles. The normalized spacial score (nSPS) is 14.7. The van der Waals surface area contributed by atoms with Gasteiger partial charge in [0, 0.05) is 31.2 Å². The number of hydrogen-bond acceptors (Lipinski definition) is 6. The molecule has 1 aromatic heterocycles. The van der Waals surface area contributed by atoms with Gasteiger partial charge < -0.3 is 9.47 Å². The summed E-state index contributed by atoms with van der Waals surface area (Å²) in [5.41, 5.74) is 2.51. The highest BCUT2D eigenvalue weighted by Gasteiger charge is 2.24. The number of fused-ring (bicyclic) bond motifs is 1. The van der Waals surface area contributed by atoms with Gasteiger partial charge in [-0.2, -0.15) is 0 Å². The van der Waals surface area contributed by atoms with Crippen LogP contribution in [0, 0.1) is 6.92 Å². The van der Waals surface area contributed by atoms with Crippen molar-refractivity contribution in [3.8, 4) is 5.75 Å². The fourth-order valence-corrected chi connectivity index (χ4v) is 4.95. The number of aryl methyl sites for hydroxylation is 1. The predicted molar refractivity (Wildman–Crippen MR) is 126 cm³/mol. The zero-order valence-electron chi connectivity index (χ0n) is 17.8. The molecular weight excluding hydrogens is 434 g/mol. The molecule has 1 aliphatic heterocycles. The summed E-state index contributed by atoms with van der Waals surface area (Å²) in [6.07, 6.45) is 0.837. The van der Waals surface area contributed by atoms with Gasteiger partial charge in [0.05, 0.1) is 36.1 Å². The van der Waals surface area contributed by atoms with Crippen LogP contribution in [-0.2, 0) is 4.74 Å². The standard InChI is InChI=1S/C23H26ClN3O3S/c1-16-4-6-19-21(14-16)31-23(25-19)27(9-3-8-26-10-12-30-13-11-26)22(28)18-15-17(24)5-7-20(18)29-2/h4-7,14-15H,3,8-13H2,1-2H3. The lowest BCUT2D eigenvalue weighted by Gasteiger charge is -2.28. The second kappa shape index (κ2) is 9.96. The average molecular weight is 460 g/mol. The van der Waals surface area contributed by atoms with Crippen molar-refractivity contribution in [1.82, 2.24) is 9.88 Å². The van der Waals surface area contributed by atoms with Crippen LogP contribution in [0.25, 0.3) is 10.2 Å². The van der Waals surface area contributed by atoms with E-state index in [0.29, 0.717) is 28.0 Å². The molecule has 2 heterocycles. The molecule has 8 heteroatoms. The summed E-state index contributed by atoms with van der Waals surface area (Å²) < 4.78 is 11.9. The van der Waals surface area contributed by atoms with Crippen LogP contribution in [-0.4, -0.2) is 62.3 Å². The molecule has 0 saturated carbocycles. The number of carbonyl (C=O) groups excluding carboxylic acids is 1. The Bertz CT molecular complexity index is 1070. The molecule has 0 aliphatic carbocycles. The van der Waals surface area contributed by atoms with Crippen molar-refractivity contribution >= 4 is 44.2 Å². The zero-order valence-corrected chi connectivity index (χ0v) is 19.3. The molecule has 1 fully saturated rings. The highest BCUT2D eigenvalue weighted by molar-refractivity contribution is 7.22. The van der Waals surface area contributed by atoms with E-state index in [4.69, 9.17) is 26.1 Å². The summed E-state index contributed by atoms with van der Waals surface area (Å²) in [6.45, 7) is 6.90. The highest BCUT2D eigenvalue weighted by atomic mass is 35.5. The van der Waals surface area contributed by atoms with Crippen LogP contribution in [0.2, 0.25) is 5.02 Å². The number of carbonyl (C=O) groups is 1. The monoisotopic (exact) mass is 459 g/mol. The van der Waals surface area contributed by atoms with E-state index < -0.39 is 0 Å². The molecule has 6 nitrogen and oxygen atoms in total. The molecule has 0 bridgehead atoms. The van der Waals surface area contributed by atoms with Gasteiger partial charge in [0.1, 0.15) is 5.75 Å². The number of amides is 1. The summed E-state index contributed by atoms with van der Waals surface area (Å²) in [7, 11) is 1.56. The second-order valence-corrected chi connectivity index (χ2v) is 9.02. The third kappa shape index (κ3) is 5.18. The van der Waals surface area contributed by atoms with Crippen molar-refractivity contribution in [2.24, 2.45) is 0 Å². The molecule has 4 rings (SSSR count). The molecule has 0 unspecified atom stereocenters. The maximum Gasteiger partial charge on any atom is 0.263 e.